The van der Waals surface area contributed by atoms with Crippen LogP contribution in [0.5, 0.6) is 0 Å². The fourth-order valence-corrected chi connectivity index (χ4v) is 8.96. The van der Waals surface area contributed by atoms with Crippen molar-refractivity contribution in [2.75, 3.05) is 44.7 Å². The van der Waals surface area contributed by atoms with Gasteiger partial charge in [0.1, 0.15) is 29.9 Å². The largest absolute Gasteiger partial charge is 0.449 e. The fourth-order valence-electron chi connectivity index (χ4n) is 8.16. The summed E-state index contributed by atoms with van der Waals surface area (Å²) in [6, 6.07) is 22.9. The second kappa shape index (κ2) is 13.7. The second-order valence-corrected chi connectivity index (χ2v) is 15.3. The monoisotopic (exact) mass is 743 g/mol. The van der Waals surface area contributed by atoms with Gasteiger partial charge in [-0.15, -0.1) is 11.3 Å². The molecule has 2 amide bonds. The summed E-state index contributed by atoms with van der Waals surface area (Å²) in [5, 5.41) is 9.46. The number of anilines is 1. The number of amides is 2. The smallest absolute Gasteiger partial charge is 0.408 e. The molecule has 276 valence electrons. The first-order valence-corrected chi connectivity index (χ1v) is 19.5. The Hall–Kier alpha value is -5.62. The number of aromatic nitrogens is 1. The number of nitrogens with zero attached hydrogens (tertiary/aromatic N) is 5. The van der Waals surface area contributed by atoms with Crippen LogP contribution in [0.25, 0.3) is 22.4 Å². The van der Waals surface area contributed by atoms with E-state index in [9.17, 15) is 14.0 Å². The summed E-state index contributed by atoms with van der Waals surface area (Å²) in [7, 11) is 2.03. The van der Waals surface area contributed by atoms with E-state index in [4.69, 9.17) is 9.72 Å². The molecule has 1 unspecified atom stereocenters. The molecule has 1 saturated heterocycles. The number of alkyl carbamates (subject to hydrolysis) is 1. The maximum absolute atomic E-state index is 13.8. The normalized spacial score (nSPS) is 19.5. The van der Waals surface area contributed by atoms with Crippen molar-refractivity contribution in [1.29, 1.82) is 0 Å². The average molecular weight is 744 g/mol. The van der Waals surface area contributed by atoms with E-state index in [-0.39, 0.29) is 30.4 Å². The van der Waals surface area contributed by atoms with Crippen LogP contribution >= 0.6 is 11.3 Å². The van der Waals surface area contributed by atoms with Gasteiger partial charge in [0.25, 0.3) is 0 Å². The molecule has 1 atom stereocenters. The highest BCUT2D eigenvalue weighted by molar-refractivity contribution is 7.14. The van der Waals surface area contributed by atoms with Crippen LogP contribution in [0.2, 0.25) is 0 Å². The zero-order valence-electron chi connectivity index (χ0n) is 30.3. The summed E-state index contributed by atoms with van der Waals surface area (Å²) in [5.41, 5.74) is 7.66. The van der Waals surface area contributed by atoms with Gasteiger partial charge >= 0.3 is 6.09 Å². The van der Waals surface area contributed by atoms with Gasteiger partial charge in [-0.3, -0.25) is 4.79 Å². The summed E-state index contributed by atoms with van der Waals surface area (Å²) in [6.45, 7) is 4.84. The van der Waals surface area contributed by atoms with E-state index in [0.29, 0.717) is 39.0 Å². The lowest BCUT2D eigenvalue weighted by molar-refractivity contribution is -0.136. The third-order valence-corrected chi connectivity index (χ3v) is 12.1. The molecule has 0 spiro atoms. The van der Waals surface area contributed by atoms with Gasteiger partial charge < -0.3 is 35.0 Å². The van der Waals surface area contributed by atoms with E-state index in [0.717, 1.165) is 51.2 Å². The lowest BCUT2D eigenvalue weighted by atomic mass is 9.98. The van der Waals surface area contributed by atoms with Gasteiger partial charge in [0.2, 0.25) is 5.91 Å². The number of allylic oxidation sites excluding steroid dienone is 2. The van der Waals surface area contributed by atoms with Gasteiger partial charge in [0.05, 0.1) is 17.1 Å². The zero-order chi connectivity index (χ0) is 37.0. The van der Waals surface area contributed by atoms with Crippen LogP contribution in [0.3, 0.4) is 0 Å². The zero-order valence-corrected chi connectivity index (χ0v) is 31.1. The van der Waals surface area contributed by atoms with E-state index in [1.165, 1.54) is 23.3 Å². The molecule has 54 heavy (non-hydrogen) atoms. The summed E-state index contributed by atoms with van der Waals surface area (Å²) in [4.78, 5) is 40.4. The standard InChI is InChI=1S/C42H42FN7O3S/c1-3-35-38(47(2)40-45-36(26-54-40)27-12-14-28(43)15-13-27)50-24-29(16-17-37(50)44-35)48-20-22-49(23-21-48)39(51)42(18-19-42)46-41(52)53-25-34-32-10-6-4-8-30(32)31-9-5-7-11-33(31)34/h4-17,24,26,34,37,44H,3,18-23,25H2,1-2H3,(H,46,52). The van der Waals surface area contributed by atoms with Gasteiger partial charge in [-0.2, -0.15) is 0 Å². The van der Waals surface area contributed by atoms with Crippen molar-refractivity contribution < 1.29 is 18.7 Å². The van der Waals surface area contributed by atoms with Crippen LogP contribution in [0.15, 0.2) is 114 Å². The molecule has 4 heterocycles. The van der Waals surface area contributed by atoms with Crippen molar-refractivity contribution in [2.24, 2.45) is 0 Å². The Morgan fingerprint density at radius 3 is 2.35 bits per heavy atom. The first-order valence-electron chi connectivity index (χ1n) is 18.6. The van der Waals surface area contributed by atoms with Crippen molar-refractivity contribution in [3.05, 3.63) is 131 Å². The number of thiazole rings is 1. The number of piperazine rings is 1. The molecule has 2 N–H and O–H groups in total. The summed E-state index contributed by atoms with van der Waals surface area (Å²) in [5.74, 6) is 0.699. The quantitative estimate of drug-likeness (QED) is 0.193. The van der Waals surface area contributed by atoms with Crippen LogP contribution < -0.4 is 15.5 Å². The van der Waals surface area contributed by atoms with Crippen LogP contribution in [-0.4, -0.2) is 83.2 Å². The minimum atomic E-state index is -0.892. The first-order chi connectivity index (χ1) is 26.3. The number of benzene rings is 3. The first kappa shape index (κ1) is 34.2. The molecule has 3 aromatic carbocycles. The molecular formula is C42H42FN7O3S. The molecule has 4 aromatic rings. The van der Waals surface area contributed by atoms with Crippen molar-refractivity contribution >= 4 is 28.5 Å². The van der Waals surface area contributed by atoms with E-state index in [1.54, 1.807) is 23.5 Å². The Balaban J connectivity index is 0.821. The summed E-state index contributed by atoms with van der Waals surface area (Å²) >= 11 is 1.55. The number of fused-ring (bicyclic) bond motifs is 4. The van der Waals surface area contributed by atoms with E-state index in [1.807, 2.05) is 41.6 Å². The number of rotatable bonds is 9. The second-order valence-electron chi connectivity index (χ2n) is 14.5. The van der Waals surface area contributed by atoms with Crippen LogP contribution in [0.1, 0.15) is 43.2 Å². The third-order valence-electron chi connectivity index (χ3n) is 11.2. The van der Waals surface area contributed by atoms with Gasteiger partial charge in [0.15, 0.2) is 5.13 Å². The number of ether oxygens (including phenoxy) is 1. The lowest BCUT2D eigenvalue weighted by Crippen LogP contribution is -2.56. The maximum atomic E-state index is 13.8. The maximum Gasteiger partial charge on any atom is 0.408 e. The highest BCUT2D eigenvalue weighted by Crippen LogP contribution is 2.45. The van der Waals surface area contributed by atoms with Crippen molar-refractivity contribution in [3.8, 4) is 22.4 Å². The van der Waals surface area contributed by atoms with E-state index < -0.39 is 11.6 Å². The molecule has 9 rings (SSSR count). The van der Waals surface area contributed by atoms with Gasteiger partial charge in [-0.1, -0.05) is 55.5 Å². The van der Waals surface area contributed by atoms with Gasteiger partial charge in [-0.25, -0.2) is 14.2 Å². The Bertz CT molecular complexity index is 2160. The molecule has 2 fully saturated rings. The predicted molar refractivity (Wildman–Crippen MR) is 208 cm³/mol. The number of hydrogen-bond donors (Lipinski definition) is 2. The molecule has 10 nitrogen and oxygen atoms in total. The van der Waals surface area contributed by atoms with Gasteiger partial charge in [0, 0.05) is 56.3 Å². The lowest BCUT2D eigenvalue weighted by Gasteiger charge is -2.40. The molecule has 0 radical (unpaired) electrons. The van der Waals surface area contributed by atoms with Gasteiger partial charge in [-0.05, 0) is 77.9 Å². The highest BCUT2D eigenvalue weighted by atomic mass is 32.1. The van der Waals surface area contributed by atoms with Crippen LogP contribution in [-0.2, 0) is 9.53 Å². The number of carbonyl (C=O) groups is 2. The minimum absolute atomic E-state index is 0.0146. The van der Waals surface area contributed by atoms with Crippen LogP contribution in [0, 0.1) is 5.82 Å². The molecular weight excluding hydrogens is 702 g/mol. The van der Waals surface area contributed by atoms with E-state index in [2.05, 4.69) is 74.9 Å². The topological polar surface area (TPSA) is 93.3 Å². The number of hydrogen-bond acceptors (Lipinski definition) is 9. The Kier molecular flexibility index (Phi) is 8.64. The van der Waals surface area contributed by atoms with Crippen molar-refractivity contribution in [3.63, 3.8) is 0 Å². The Morgan fingerprint density at radius 1 is 1.00 bits per heavy atom. The van der Waals surface area contributed by atoms with E-state index >= 15 is 0 Å². The predicted octanol–water partition coefficient (Wildman–Crippen LogP) is 6.82. The van der Waals surface area contributed by atoms with Crippen molar-refractivity contribution in [2.45, 2.75) is 43.8 Å². The summed E-state index contributed by atoms with van der Waals surface area (Å²) in [6.07, 6.45) is 7.99. The Morgan fingerprint density at radius 2 is 1.69 bits per heavy atom. The van der Waals surface area contributed by atoms with Crippen molar-refractivity contribution in [1.82, 2.24) is 30.3 Å². The fraction of sp³-hybridized carbons (Fsp3) is 0.310. The molecule has 12 heteroatoms. The molecule has 5 aliphatic rings. The highest BCUT2D eigenvalue weighted by Gasteiger charge is 2.54. The summed E-state index contributed by atoms with van der Waals surface area (Å²) < 4.78 is 19.3. The molecule has 1 saturated carbocycles. The number of halogens is 1. The SMILES string of the molecule is CCC1=C(N(C)c2nc(-c3ccc(F)cc3)cs2)N2C=C(N3CCN(C(=O)C4(NC(=O)OCC5c6ccccc6-c6ccccc65)CC4)CC3)C=CC2N1. The average Bonchev–Trinajstić information content (AvgIpc) is 3.52. The third kappa shape index (κ3) is 6.08. The number of carbonyl (C=O) groups excluding carboxylic acids is 2. The molecule has 3 aliphatic heterocycles. The molecule has 2 aliphatic carbocycles. The Labute approximate surface area is 318 Å². The number of nitrogens with one attached hydrogen (secondary N) is 2. The molecule has 1 aromatic heterocycles. The minimum Gasteiger partial charge on any atom is -0.449 e. The van der Waals surface area contributed by atoms with Crippen LogP contribution in [0.4, 0.5) is 14.3 Å². The molecule has 0 bridgehead atoms.